The second kappa shape index (κ2) is 15.8. The number of halogens is 1. The number of rotatable bonds is 7. The zero-order valence-corrected chi connectivity index (χ0v) is 23.9. The smallest absolute Gasteiger partial charge is 0.187 e. The van der Waals surface area contributed by atoms with Crippen molar-refractivity contribution in [1.82, 2.24) is 15.4 Å². The van der Waals surface area contributed by atoms with Crippen molar-refractivity contribution in [2.75, 3.05) is 17.1 Å². The van der Waals surface area contributed by atoms with Gasteiger partial charge in [-0.2, -0.15) is 5.10 Å². The highest BCUT2D eigenvalue weighted by Gasteiger charge is 2.25. The number of nitrogens with one attached hydrogen (secondary N) is 4. The quantitative estimate of drug-likeness (QED) is 0.135. The summed E-state index contributed by atoms with van der Waals surface area (Å²) < 4.78 is 14.3. The lowest BCUT2D eigenvalue weighted by Gasteiger charge is -2.09. The minimum atomic E-state index is 0.602. The molecule has 0 unspecified atom stereocenters. The van der Waals surface area contributed by atoms with Crippen LogP contribution in [0.3, 0.4) is 0 Å². The van der Waals surface area contributed by atoms with E-state index in [1.54, 1.807) is 14.0 Å². The monoisotopic (exact) mass is 544 g/mol. The molecule has 0 aliphatic heterocycles. The summed E-state index contributed by atoms with van der Waals surface area (Å²) in [6, 6.07) is 13.4. The van der Waals surface area contributed by atoms with Gasteiger partial charge < -0.3 is 24.7 Å². The Kier molecular flexibility index (Phi) is 12.9. The molecule has 0 atom stereocenters. The zero-order valence-electron chi connectivity index (χ0n) is 22.3. The number of nitrogens with zero attached hydrogens (tertiary/aromatic N) is 2. The van der Waals surface area contributed by atoms with Crippen LogP contribution in [0.15, 0.2) is 51.9 Å². The Morgan fingerprint density at radius 1 is 1.22 bits per heavy atom. The fourth-order valence-electron chi connectivity index (χ4n) is 3.08. The number of aromatic nitrogens is 3. The van der Waals surface area contributed by atoms with Crippen molar-refractivity contribution in [3.8, 4) is 5.75 Å². The predicted molar refractivity (Wildman–Crippen MR) is 157 cm³/mol. The van der Waals surface area contributed by atoms with E-state index in [2.05, 4.69) is 39.2 Å². The topological polar surface area (TPSA) is 112 Å². The summed E-state index contributed by atoms with van der Waals surface area (Å²) in [4.78, 5) is 0.903. The summed E-state index contributed by atoms with van der Waals surface area (Å²) in [6.07, 6.45) is 4.94. The van der Waals surface area contributed by atoms with Gasteiger partial charge in [0.2, 0.25) is 0 Å². The molecule has 5 rings (SSSR count). The molecule has 4 aromatic rings. The average Bonchev–Trinajstić information content (AvgIpc) is 3.53. The second-order valence-electron chi connectivity index (χ2n) is 7.82. The normalized spacial score (nSPS) is 11.6. The summed E-state index contributed by atoms with van der Waals surface area (Å²) in [5.74, 6) is 2.63. The Balaban J connectivity index is 0.000000541. The van der Waals surface area contributed by atoms with Crippen LogP contribution in [0.2, 0.25) is 5.02 Å². The number of methoxy groups -OCH3 is 1. The van der Waals surface area contributed by atoms with Crippen LogP contribution in [-0.2, 0) is 0 Å². The number of benzene rings is 2. The Labute approximate surface area is 228 Å². The molecular weight excluding hydrogens is 508 g/mol. The van der Waals surface area contributed by atoms with Gasteiger partial charge in [-0.1, -0.05) is 63.0 Å². The van der Waals surface area contributed by atoms with Crippen LogP contribution in [0.1, 0.15) is 65.5 Å². The third kappa shape index (κ3) is 8.72. The number of H-pyrrole nitrogens is 1. The average molecular weight is 545 g/mol. The molecule has 1 aliphatic rings. The third-order valence-corrected chi connectivity index (χ3v) is 6.08. The van der Waals surface area contributed by atoms with Crippen molar-refractivity contribution in [2.24, 2.45) is 0 Å². The highest BCUT2D eigenvalue weighted by Crippen LogP contribution is 2.41. The summed E-state index contributed by atoms with van der Waals surface area (Å²) in [6.45, 7) is 9.92. The van der Waals surface area contributed by atoms with Crippen molar-refractivity contribution in [3.05, 3.63) is 53.2 Å². The lowest BCUT2D eigenvalue weighted by atomic mass is 10.2. The molecule has 1 aliphatic carbocycles. The molecule has 0 spiro atoms. The Hall–Kier alpha value is -3.17. The molecule has 8 nitrogen and oxygen atoms in total. The highest BCUT2D eigenvalue weighted by atomic mass is 35.5. The molecule has 10 heteroatoms. The van der Waals surface area contributed by atoms with Gasteiger partial charge in [-0.25, -0.2) is 0 Å². The Morgan fingerprint density at radius 2 is 1.89 bits per heavy atom. The maximum atomic E-state index is 6.21. The second-order valence-corrected chi connectivity index (χ2v) is 9.07. The van der Waals surface area contributed by atoms with Crippen molar-refractivity contribution < 1.29 is 9.26 Å². The molecule has 0 amide bonds. The molecule has 1 saturated carbocycles. The summed E-state index contributed by atoms with van der Waals surface area (Å²) >= 11 is 7.59. The van der Waals surface area contributed by atoms with Gasteiger partial charge in [0.25, 0.3) is 0 Å². The molecule has 2 heterocycles. The Bertz CT molecular complexity index is 1240. The van der Waals surface area contributed by atoms with E-state index in [4.69, 9.17) is 26.3 Å². The zero-order chi connectivity index (χ0) is 27.2. The van der Waals surface area contributed by atoms with Gasteiger partial charge in [0, 0.05) is 28.6 Å². The lowest BCUT2D eigenvalue weighted by molar-refractivity contribution is 0.417. The van der Waals surface area contributed by atoms with Crippen molar-refractivity contribution in [2.45, 2.75) is 64.7 Å². The van der Waals surface area contributed by atoms with Crippen LogP contribution >= 0.6 is 23.5 Å². The predicted octanol–water partition coefficient (Wildman–Crippen LogP) is 9.05. The molecule has 1 fully saturated rings. The standard InChI is InChI=1S/C20H18ClN5O2S.C3H8.C2H5N.C2H6/c1-27-17-8-12-16(9-15(17)22-19-10-14(23-24-19)11-6-7-11)28-25-20(12)26-29-18-5-3-2-4-13(18)21;1-3-2;1-2-3;1-2/h2-5,8-11H,6-7H2,1H3,(H,25,26)(H2,22,23,24);3H2,1-2H3;2-3H,1H3;1-2H3. The summed E-state index contributed by atoms with van der Waals surface area (Å²) in [5, 5.41) is 22.4. The van der Waals surface area contributed by atoms with E-state index < -0.39 is 0 Å². The molecule has 0 radical (unpaired) electrons. The van der Waals surface area contributed by atoms with Crippen molar-refractivity contribution in [1.29, 1.82) is 5.41 Å². The van der Waals surface area contributed by atoms with Crippen molar-refractivity contribution in [3.63, 3.8) is 0 Å². The van der Waals surface area contributed by atoms with E-state index >= 15 is 0 Å². The number of anilines is 3. The first kappa shape index (κ1) is 30.1. The SMILES string of the molecule is CC.CC=N.CCC.COc1cc2c(NSc3ccccc3Cl)noc2cc1Nc1cc(C2CC2)[nH]n1. The summed E-state index contributed by atoms with van der Waals surface area (Å²) in [5.41, 5.74) is 2.55. The lowest BCUT2D eigenvalue weighted by Crippen LogP contribution is -1.95. The van der Waals surface area contributed by atoms with Crippen LogP contribution in [0.25, 0.3) is 11.0 Å². The van der Waals surface area contributed by atoms with E-state index in [-0.39, 0.29) is 0 Å². The number of hydrogen-bond donors (Lipinski definition) is 4. The minimum Gasteiger partial charge on any atom is -0.495 e. The fraction of sp³-hybridized carbons (Fsp3) is 0.370. The van der Waals surface area contributed by atoms with Gasteiger partial charge >= 0.3 is 0 Å². The van der Waals surface area contributed by atoms with Gasteiger partial charge in [0.05, 0.1) is 23.2 Å². The summed E-state index contributed by atoms with van der Waals surface area (Å²) in [7, 11) is 1.63. The van der Waals surface area contributed by atoms with Gasteiger partial charge in [0.15, 0.2) is 17.2 Å². The fourth-order valence-corrected chi connectivity index (χ4v) is 4.00. The highest BCUT2D eigenvalue weighted by molar-refractivity contribution is 8.00. The molecule has 2 aromatic heterocycles. The largest absolute Gasteiger partial charge is 0.495 e. The molecule has 2 aromatic carbocycles. The molecule has 4 N–H and O–H groups in total. The molecule has 37 heavy (non-hydrogen) atoms. The number of ether oxygens (including phenoxy) is 1. The van der Waals surface area contributed by atoms with Gasteiger partial charge in [0.1, 0.15) is 5.75 Å². The van der Waals surface area contributed by atoms with E-state index in [1.165, 1.54) is 37.4 Å². The molecule has 0 bridgehead atoms. The van der Waals surface area contributed by atoms with Gasteiger partial charge in [-0.3, -0.25) is 5.10 Å². The molecule has 200 valence electrons. The maximum Gasteiger partial charge on any atom is 0.187 e. The third-order valence-electron chi connectivity index (χ3n) is 4.76. The Morgan fingerprint density at radius 3 is 2.51 bits per heavy atom. The van der Waals surface area contributed by atoms with E-state index in [0.29, 0.717) is 28.1 Å². The van der Waals surface area contributed by atoms with Gasteiger partial charge in [-0.05, 0) is 56.1 Å². The van der Waals surface area contributed by atoms with Gasteiger partial charge in [-0.15, -0.1) is 0 Å². The van der Waals surface area contributed by atoms with Crippen LogP contribution in [0.5, 0.6) is 5.75 Å². The molecular formula is C27H37ClN6O2S. The van der Waals surface area contributed by atoms with E-state index in [1.807, 2.05) is 56.3 Å². The van der Waals surface area contributed by atoms with Crippen molar-refractivity contribution >= 4 is 58.1 Å². The number of fused-ring (bicyclic) bond motifs is 1. The first-order valence-electron chi connectivity index (χ1n) is 12.5. The maximum absolute atomic E-state index is 6.21. The number of aromatic amines is 1. The van der Waals surface area contributed by atoms with Crippen LogP contribution in [-0.4, -0.2) is 28.7 Å². The number of hydrogen-bond acceptors (Lipinski definition) is 8. The van der Waals surface area contributed by atoms with Crippen LogP contribution in [0.4, 0.5) is 17.3 Å². The minimum absolute atomic E-state index is 0.602. The van der Waals surface area contributed by atoms with Crippen LogP contribution in [0, 0.1) is 5.41 Å². The van der Waals surface area contributed by atoms with Crippen LogP contribution < -0.4 is 14.8 Å². The van der Waals surface area contributed by atoms with E-state index in [9.17, 15) is 0 Å². The van der Waals surface area contributed by atoms with E-state index in [0.717, 1.165) is 27.5 Å². The first-order valence-corrected chi connectivity index (χ1v) is 13.7. The first-order chi connectivity index (χ1) is 18.0. The molecule has 0 saturated heterocycles.